The zero-order valence-electron chi connectivity index (χ0n) is 14.4. The van der Waals surface area contributed by atoms with Gasteiger partial charge in [0.2, 0.25) is 5.91 Å². The van der Waals surface area contributed by atoms with Gasteiger partial charge in [-0.25, -0.2) is 9.97 Å². The van der Waals surface area contributed by atoms with Crippen LogP contribution < -0.4 is 5.32 Å². The summed E-state index contributed by atoms with van der Waals surface area (Å²) in [6.07, 6.45) is 11.7. The van der Waals surface area contributed by atoms with Crippen molar-refractivity contribution in [3.05, 3.63) is 53.4 Å². The topological polar surface area (TPSA) is 72.7 Å². The third-order valence-corrected chi connectivity index (χ3v) is 5.71. The predicted octanol–water partition coefficient (Wildman–Crippen LogP) is 3.24. The van der Waals surface area contributed by atoms with Crippen LogP contribution in [0.25, 0.3) is 11.3 Å². The Hall–Kier alpha value is -2.54. The lowest BCUT2D eigenvalue weighted by Crippen LogP contribution is -2.38. The SMILES string of the molecule is O=C(Cc1cccs1)NC1CCC(n2cc(-c3ccncn3)cn2)CC1. The van der Waals surface area contributed by atoms with Crippen LogP contribution in [0.4, 0.5) is 0 Å². The maximum absolute atomic E-state index is 12.2. The van der Waals surface area contributed by atoms with Crippen LogP contribution >= 0.6 is 11.3 Å². The van der Waals surface area contributed by atoms with Crippen molar-refractivity contribution < 1.29 is 4.79 Å². The van der Waals surface area contributed by atoms with Crippen molar-refractivity contribution in [2.24, 2.45) is 0 Å². The van der Waals surface area contributed by atoms with Crippen LogP contribution in [0.5, 0.6) is 0 Å². The summed E-state index contributed by atoms with van der Waals surface area (Å²) in [5.41, 5.74) is 1.90. The average molecular weight is 367 g/mol. The molecule has 1 N–H and O–H groups in total. The van der Waals surface area contributed by atoms with Crippen molar-refractivity contribution in [2.75, 3.05) is 0 Å². The van der Waals surface area contributed by atoms with E-state index in [-0.39, 0.29) is 11.9 Å². The van der Waals surface area contributed by atoms with Crippen molar-refractivity contribution in [3.8, 4) is 11.3 Å². The second-order valence-electron chi connectivity index (χ2n) is 6.63. The highest BCUT2D eigenvalue weighted by Crippen LogP contribution is 2.29. The number of hydrogen-bond acceptors (Lipinski definition) is 5. The Morgan fingerprint density at radius 3 is 2.88 bits per heavy atom. The number of nitrogens with zero attached hydrogens (tertiary/aromatic N) is 4. The molecule has 1 amide bonds. The molecular formula is C19H21N5OS. The maximum atomic E-state index is 12.2. The fraction of sp³-hybridized carbons (Fsp3) is 0.368. The zero-order valence-corrected chi connectivity index (χ0v) is 15.2. The Balaban J connectivity index is 1.30. The van der Waals surface area contributed by atoms with Crippen LogP contribution in [0.3, 0.4) is 0 Å². The first-order chi connectivity index (χ1) is 12.8. The van der Waals surface area contributed by atoms with Crippen molar-refractivity contribution >= 4 is 17.2 Å². The number of carbonyl (C=O) groups is 1. The Labute approximate surface area is 156 Å². The molecule has 3 heterocycles. The molecule has 1 fully saturated rings. The minimum Gasteiger partial charge on any atom is -0.353 e. The summed E-state index contributed by atoms with van der Waals surface area (Å²) in [6, 6.07) is 6.54. The van der Waals surface area contributed by atoms with Crippen molar-refractivity contribution in [1.29, 1.82) is 0 Å². The third-order valence-electron chi connectivity index (χ3n) is 4.83. The smallest absolute Gasteiger partial charge is 0.225 e. The first-order valence-electron chi connectivity index (χ1n) is 8.90. The summed E-state index contributed by atoms with van der Waals surface area (Å²) in [5, 5.41) is 9.71. The maximum Gasteiger partial charge on any atom is 0.225 e. The summed E-state index contributed by atoms with van der Waals surface area (Å²) >= 11 is 1.63. The van der Waals surface area contributed by atoms with Gasteiger partial charge in [-0.2, -0.15) is 5.10 Å². The molecule has 0 bridgehead atoms. The molecule has 0 aromatic carbocycles. The van der Waals surface area contributed by atoms with E-state index < -0.39 is 0 Å². The van der Waals surface area contributed by atoms with Crippen LogP contribution in [0.2, 0.25) is 0 Å². The summed E-state index contributed by atoms with van der Waals surface area (Å²) < 4.78 is 2.04. The first kappa shape index (κ1) is 16.9. The van der Waals surface area contributed by atoms with Gasteiger partial charge in [-0.05, 0) is 43.2 Å². The summed E-state index contributed by atoms with van der Waals surface area (Å²) in [4.78, 5) is 21.5. The quantitative estimate of drug-likeness (QED) is 0.751. The van der Waals surface area contributed by atoms with Crippen LogP contribution in [0.15, 0.2) is 48.5 Å². The van der Waals surface area contributed by atoms with Gasteiger partial charge >= 0.3 is 0 Å². The largest absolute Gasteiger partial charge is 0.353 e. The molecule has 1 aliphatic carbocycles. The van der Waals surface area contributed by atoms with Crippen molar-refractivity contribution in [2.45, 2.75) is 44.2 Å². The second kappa shape index (κ2) is 7.78. The van der Waals surface area contributed by atoms with Crippen molar-refractivity contribution in [1.82, 2.24) is 25.1 Å². The highest BCUT2D eigenvalue weighted by Gasteiger charge is 2.24. The molecule has 1 aliphatic rings. The van der Waals surface area contributed by atoms with E-state index in [1.165, 1.54) is 0 Å². The number of amides is 1. The van der Waals surface area contributed by atoms with Gasteiger partial charge in [0.15, 0.2) is 0 Å². The van der Waals surface area contributed by atoms with Crippen LogP contribution in [0.1, 0.15) is 36.6 Å². The van der Waals surface area contributed by atoms with Crippen LogP contribution in [-0.4, -0.2) is 31.7 Å². The van der Waals surface area contributed by atoms with Gasteiger partial charge in [0.1, 0.15) is 6.33 Å². The molecule has 26 heavy (non-hydrogen) atoms. The minimum absolute atomic E-state index is 0.126. The molecule has 134 valence electrons. The molecule has 0 aliphatic heterocycles. The lowest BCUT2D eigenvalue weighted by Gasteiger charge is -2.29. The van der Waals surface area contributed by atoms with E-state index in [1.807, 2.05) is 34.5 Å². The van der Waals surface area contributed by atoms with Crippen LogP contribution in [-0.2, 0) is 11.2 Å². The molecule has 0 unspecified atom stereocenters. The number of aromatic nitrogens is 4. The molecule has 4 rings (SSSR count). The molecule has 0 atom stereocenters. The second-order valence-corrected chi connectivity index (χ2v) is 7.66. The predicted molar refractivity (Wildman–Crippen MR) is 101 cm³/mol. The Morgan fingerprint density at radius 1 is 1.27 bits per heavy atom. The molecule has 3 aromatic rings. The lowest BCUT2D eigenvalue weighted by atomic mass is 9.91. The van der Waals surface area contributed by atoms with Crippen LogP contribution in [0, 0.1) is 0 Å². The first-order valence-corrected chi connectivity index (χ1v) is 9.78. The van der Waals surface area contributed by atoms with E-state index in [9.17, 15) is 4.79 Å². The number of nitrogens with one attached hydrogen (secondary N) is 1. The Morgan fingerprint density at radius 2 is 2.15 bits per heavy atom. The van der Waals surface area contributed by atoms with E-state index in [1.54, 1.807) is 23.9 Å². The molecule has 0 saturated heterocycles. The molecule has 3 aromatic heterocycles. The number of hydrogen-bond donors (Lipinski definition) is 1. The van der Waals surface area contributed by atoms with Gasteiger partial charge in [-0.15, -0.1) is 11.3 Å². The van der Waals surface area contributed by atoms with E-state index in [4.69, 9.17) is 0 Å². The number of rotatable bonds is 5. The van der Waals surface area contributed by atoms with Gasteiger partial charge in [0.05, 0.1) is 24.4 Å². The van der Waals surface area contributed by atoms with Gasteiger partial charge < -0.3 is 5.32 Å². The fourth-order valence-electron chi connectivity index (χ4n) is 3.47. The molecule has 0 spiro atoms. The van der Waals surface area contributed by atoms with E-state index in [2.05, 4.69) is 26.6 Å². The number of thiophene rings is 1. The highest BCUT2D eigenvalue weighted by molar-refractivity contribution is 7.10. The lowest BCUT2D eigenvalue weighted by molar-refractivity contribution is -0.121. The van der Waals surface area contributed by atoms with Crippen molar-refractivity contribution in [3.63, 3.8) is 0 Å². The van der Waals surface area contributed by atoms with E-state index in [0.717, 1.165) is 41.8 Å². The highest BCUT2D eigenvalue weighted by atomic mass is 32.1. The zero-order chi connectivity index (χ0) is 17.8. The van der Waals surface area contributed by atoms with Gasteiger partial charge in [-0.3, -0.25) is 9.48 Å². The Bertz CT molecular complexity index is 838. The van der Waals surface area contributed by atoms with Gasteiger partial charge in [0.25, 0.3) is 0 Å². The molecule has 6 nitrogen and oxygen atoms in total. The minimum atomic E-state index is 0.126. The van der Waals surface area contributed by atoms with Gasteiger partial charge in [0, 0.05) is 28.9 Å². The molecule has 7 heteroatoms. The summed E-state index contributed by atoms with van der Waals surface area (Å²) in [5.74, 6) is 0.126. The molecule has 0 radical (unpaired) electrons. The molecular weight excluding hydrogens is 346 g/mol. The third kappa shape index (κ3) is 3.99. The standard InChI is InChI=1S/C19H21N5OS/c25-19(10-17-2-1-9-26-17)23-15-3-5-16(6-4-15)24-12-14(11-22-24)18-7-8-20-13-21-18/h1-2,7-9,11-13,15-16H,3-6,10H2,(H,23,25). The summed E-state index contributed by atoms with van der Waals surface area (Å²) in [7, 11) is 0. The Kier molecular flexibility index (Phi) is 5.06. The molecule has 1 saturated carbocycles. The normalized spacial score (nSPS) is 20.0. The monoisotopic (exact) mass is 367 g/mol. The average Bonchev–Trinajstić information content (AvgIpc) is 3.35. The fourth-order valence-corrected chi connectivity index (χ4v) is 4.17. The number of carbonyl (C=O) groups excluding carboxylic acids is 1. The summed E-state index contributed by atoms with van der Waals surface area (Å²) in [6.45, 7) is 0. The van der Waals surface area contributed by atoms with E-state index in [0.29, 0.717) is 12.5 Å². The van der Waals surface area contributed by atoms with Gasteiger partial charge in [-0.1, -0.05) is 6.07 Å². The van der Waals surface area contributed by atoms with E-state index >= 15 is 0 Å².